The van der Waals surface area contributed by atoms with Crippen LogP contribution >= 0.6 is 0 Å². The van der Waals surface area contributed by atoms with Crippen molar-refractivity contribution in [1.82, 2.24) is 0 Å². The van der Waals surface area contributed by atoms with E-state index in [1.54, 1.807) is 5.56 Å². The molecule has 0 saturated heterocycles. The van der Waals surface area contributed by atoms with Gasteiger partial charge in [0.15, 0.2) is 0 Å². The van der Waals surface area contributed by atoms with E-state index < -0.39 is 0 Å². The van der Waals surface area contributed by atoms with Crippen molar-refractivity contribution in [3.8, 4) is 0 Å². The predicted octanol–water partition coefficient (Wildman–Crippen LogP) is 2.71. The molecule has 0 radical (unpaired) electrons. The van der Waals surface area contributed by atoms with Crippen molar-refractivity contribution >= 4 is 5.69 Å². The monoisotopic (exact) mass is 173 g/mol. The van der Waals surface area contributed by atoms with Gasteiger partial charge in [0.1, 0.15) is 0 Å². The van der Waals surface area contributed by atoms with Gasteiger partial charge in [0.25, 0.3) is 0 Å². The lowest BCUT2D eigenvalue weighted by molar-refractivity contribution is 0.778. The summed E-state index contributed by atoms with van der Waals surface area (Å²) in [7, 11) is 0. The summed E-state index contributed by atoms with van der Waals surface area (Å²) >= 11 is 0. The van der Waals surface area contributed by atoms with Crippen LogP contribution < -0.4 is 5.32 Å². The molecule has 1 aliphatic heterocycles. The van der Waals surface area contributed by atoms with E-state index in [0.29, 0.717) is 5.41 Å². The quantitative estimate of drug-likeness (QED) is 0.688. The highest BCUT2D eigenvalue weighted by atomic mass is 15.0. The van der Waals surface area contributed by atoms with Crippen LogP contribution in [0.2, 0.25) is 0 Å². The van der Waals surface area contributed by atoms with E-state index in [-0.39, 0.29) is 0 Å². The first-order chi connectivity index (χ1) is 6.36. The molecule has 1 spiro atoms. The van der Waals surface area contributed by atoms with Gasteiger partial charge in [0, 0.05) is 17.6 Å². The Balaban J connectivity index is 2.17. The van der Waals surface area contributed by atoms with E-state index in [0.717, 1.165) is 6.42 Å². The fourth-order valence-corrected chi connectivity index (χ4v) is 2.50. The Morgan fingerprint density at radius 3 is 2.92 bits per heavy atom. The highest BCUT2D eigenvalue weighted by molar-refractivity contribution is 5.67. The molecule has 3 rings (SSSR count). The lowest BCUT2D eigenvalue weighted by atomic mass is 9.96. The van der Waals surface area contributed by atoms with Crippen LogP contribution in [0.15, 0.2) is 18.2 Å². The standard InChI is InChI=1S/C12H15N/c1-2-9-4-3-5-10-11(9)13-8-12(10)6-7-12/h3-5,13H,2,6-8H2,1H3. The smallest absolute Gasteiger partial charge is 0.0411 e. The zero-order chi connectivity index (χ0) is 8.89. The molecular weight excluding hydrogens is 158 g/mol. The van der Waals surface area contributed by atoms with Crippen LogP contribution in [0.5, 0.6) is 0 Å². The zero-order valence-electron chi connectivity index (χ0n) is 8.06. The van der Waals surface area contributed by atoms with Crippen LogP contribution in [-0.2, 0) is 11.8 Å². The van der Waals surface area contributed by atoms with Crippen molar-refractivity contribution in [3.05, 3.63) is 29.3 Å². The summed E-state index contributed by atoms with van der Waals surface area (Å²) in [5, 5.41) is 3.57. The number of para-hydroxylation sites is 1. The van der Waals surface area contributed by atoms with E-state index in [2.05, 4.69) is 30.4 Å². The van der Waals surface area contributed by atoms with Gasteiger partial charge >= 0.3 is 0 Å². The fourth-order valence-electron chi connectivity index (χ4n) is 2.50. The van der Waals surface area contributed by atoms with Crippen LogP contribution in [0.1, 0.15) is 30.9 Å². The van der Waals surface area contributed by atoms with Crippen molar-refractivity contribution in [1.29, 1.82) is 0 Å². The lowest BCUT2D eigenvalue weighted by Crippen LogP contribution is -2.07. The molecule has 0 aromatic heterocycles. The normalized spacial score (nSPS) is 21.3. The fraction of sp³-hybridized carbons (Fsp3) is 0.500. The summed E-state index contributed by atoms with van der Waals surface area (Å²) in [6.45, 7) is 3.41. The molecule has 13 heavy (non-hydrogen) atoms. The number of hydrogen-bond acceptors (Lipinski definition) is 1. The van der Waals surface area contributed by atoms with Crippen molar-refractivity contribution in [3.63, 3.8) is 0 Å². The van der Waals surface area contributed by atoms with Crippen molar-refractivity contribution in [2.45, 2.75) is 31.6 Å². The third kappa shape index (κ3) is 0.874. The van der Waals surface area contributed by atoms with Gasteiger partial charge in [0.2, 0.25) is 0 Å². The Morgan fingerprint density at radius 1 is 1.38 bits per heavy atom. The van der Waals surface area contributed by atoms with Gasteiger partial charge < -0.3 is 5.32 Å². The number of nitrogens with one attached hydrogen (secondary N) is 1. The first-order valence-corrected chi connectivity index (χ1v) is 5.22. The van der Waals surface area contributed by atoms with E-state index in [9.17, 15) is 0 Å². The third-order valence-corrected chi connectivity index (χ3v) is 3.56. The molecule has 0 unspecified atom stereocenters. The lowest BCUT2D eigenvalue weighted by Gasteiger charge is -2.07. The number of hydrogen-bond donors (Lipinski definition) is 1. The summed E-state index contributed by atoms with van der Waals surface area (Å²) in [5.74, 6) is 0. The maximum atomic E-state index is 3.57. The molecule has 68 valence electrons. The SMILES string of the molecule is CCc1cccc2c1NCC21CC1. The highest BCUT2D eigenvalue weighted by Crippen LogP contribution is 2.54. The Labute approximate surface area is 79.2 Å². The molecule has 0 amide bonds. The van der Waals surface area contributed by atoms with Gasteiger partial charge in [-0.05, 0) is 30.4 Å². The Kier molecular flexibility index (Phi) is 1.30. The van der Waals surface area contributed by atoms with Crippen molar-refractivity contribution in [2.24, 2.45) is 0 Å². The zero-order valence-corrected chi connectivity index (χ0v) is 8.06. The average Bonchev–Trinajstić information content (AvgIpc) is 2.85. The van der Waals surface area contributed by atoms with Crippen LogP contribution in [0.3, 0.4) is 0 Å². The first kappa shape index (κ1) is 7.43. The van der Waals surface area contributed by atoms with E-state index in [1.165, 1.54) is 30.6 Å². The molecule has 1 aliphatic carbocycles. The Morgan fingerprint density at radius 2 is 2.23 bits per heavy atom. The van der Waals surface area contributed by atoms with Crippen molar-refractivity contribution in [2.75, 3.05) is 11.9 Å². The molecule has 1 heteroatoms. The molecule has 2 aliphatic rings. The third-order valence-electron chi connectivity index (χ3n) is 3.56. The number of anilines is 1. The predicted molar refractivity (Wildman–Crippen MR) is 55.2 cm³/mol. The molecular formula is C12H15N. The minimum atomic E-state index is 0.556. The molecule has 1 saturated carbocycles. The van der Waals surface area contributed by atoms with E-state index in [1.807, 2.05) is 0 Å². The molecule has 0 atom stereocenters. The molecule has 1 aromatic carbocycles. The van der Waals surface area contributed by atoms with Gasteiger partial charge in [-0.25, -0.2) is 0 Å². The molecule has 1 aromatic rings. The van der Waals surface area contributed by atoms with Gasteiger partial charge in [-0.2, -0.15) is 0 Å². The van der Waals surface area contributed by atoms with Gasteiger partial charge in [-0.15, -0.1) is 0 Å². The maximum absolute atomic E-state index is 3.57. The minimum Gasteiger partial charge on any atom is -0.384 e. The largest absolute Gasteiger partial charge is 0.384 e. The van der Waals surface area contributed by atoms with Gasteiger partial charge in [-0.1, -0.05) is 25.1 Å². The molecule has 1 fully saturated rings. The summed E-state index contributed by atoms with van der Waals surface area (Å²) in [6, 6.07) is 6.76. The van der Waals surface area contributed by atoms with E-state index >= 15 is 0 Å². The van der Waals surface area contributed by atoms with Crippen LogP contribution in [0.4, 0.5) is 5.69 Å². The Hall–Kier alpha value is -0.980. The second kappa shape index (κ2) is 2.28. The minimum absolute atomic E-state index is 0.556. The van der Waals surface area contributed by atoms with E-state index in [4.69, 9.17) is 0 Å². The number of rotatable bonds is 1. The number of aryl methyl sites for hydroxylation is 1. The second-order valence-electron chi connectivity index (χ2n) is 4.33. The van der Waals surface area contributed by atoms with Gasteiger partial charge in [-0.3, -0.25) is 0 Å². The molecule has 1 nitrogen and oxygen atoms in total. The maximum Gasteiger partial charge on any atom is 0.0411 e. The van der Waals surface area contributed by atoms with Crippen LogP contribution in [0, 0.1) is 0 Å². The summed E-state index contributed by atoms with van der Waals surface area (Å²) in [6.07, 6.45) is 3.92. The summed E-state index contributed by atoms with van der Waals surface area (Å²) in [5.41, 5.74) is 5.08. The number of benzene rings is 1. The van der Waals surface area contributed by atoms with Gasteiger partial charge in [0.05, 0.1) is 0 Å². The number of fused-ring (bicyclic) bond motifs is 2. The topological polar surface area (TPSA) is 12.0 Å². The Bertz CT molecular complexity index is 350. The second-order valence-corrected chi connectivity index (χ2v) is 4.33. The molecule has 0 bridgehead atoms. The summed E-state index contributed by atoms with van der Waals surface area (Å²) in [4.78, 5) is 0. The summed E-state index contributed by atoms with van der Waals surface area (Å²) < 4.78 is 0. The average molecular weight is 173 g/mol. The molecule has 1 N–H and O–H groups in total. The van der Waals surface area contributed by atoms with Crippen molar-refractivity contribution < 1.29 is 0 Å². The molecule has 1 heterocycles. The highest BCUT2D eigenvalue weighted by Gasteiger charge is 2.49. The first-order valence-electron chi connectivity index (χ1n) is 5.22. The van der Waals surface area contributed by atoms with Crippen LogP contribution in [-0.4, -0.2) is 6.54 Å². The van der Waals surface area contributed by atoms with Crippen LogP contribution in [0.25, 0.3) is 0 Å².